The smallest absolute Gasteiger partial charge is 0.276 e. The largest absolute Gasteiger partial charge is 0.494 e. The number of benzene rings is 2. The summed E-state index contributed by atoms with van der Waals surface area (Å²) in [5, 5.41) is 7.34. The first kappa shape index (κ1) is 17.7. The van der Waals surface area contributed by atoms with E-state index in [0.29, 0.717) is 23.6 Å². The van der Waals surface area contributed by atoms with Crippen LogP contribution in [-0.2, 0) is 0 Å². The molecule has 0 aliphatic heterocycles. The number of hydrogen-bond donors (Lipinski definition) is 1. The van der Waals surface area contributed by atoms with Gasteiger partial charge in [0.2, 0.25) is 0 Å². The van der Waals surface area contributed by atoms with E-state index in [1.165, 1.54) is 0 Å². The number of carbonyl (C=O) groups is 1. The highest BCUT2D eigenvalue weighted by Gasteiger charge is 2.14. The monoisotopic (exact) mass is 372 g/mol. The van der Waals surface area contributed by atoms with E-state index in [4.69, 9.17) is 4.74 Å². The Hall–Kier alpha value is -3.67. The lowest BCUT2D eigenvalue weighted by Gasteiger charge is -2.06. The molecule has 0 aliphatic rings. The summed E-state index contributed by atoms with van der Waals surface area (Å²) >= 11 is 0. The van der Waals surface area contributed by atoms with Crippen molar-refractivity contribution >= 4 is 17.2 Å². The van der Waals surface area contributed by atoms with Crippen LogP contribution in [0.2, 0.25) is 0 Å². The fourth-order valence-corrected chi connectivity index (χ4v) is 3.03. The van der Waals surface area contributed by atoms with E-state index in [0.717, 1.165) is 22.6 Å². The van der Waals surface area contributed by atoms with Crippen LogP contribution in [-0.4, -0.2) is 27.1 Å². The molecule has 2 aromatic heterocycles. The average molecular weight is 372 g/mol. The molecular formula is C22H20N4O2. The van der Waals surface area contributed by atoms with Crippen molar-refractivity contribution in [2.24, 2.45) is 0 Å². The Labute approximate surface area is 162 Å². The molecule has 0 bridgehead atoms. The van der Waals surface area contributed by atoms with Crippen LogP contribution in [0.3, 0.4) is 0 Å². The Morgan fingerprint density at radius 2 is 1.93 bits per heavy atom. The normalized spacial score (nSPS) is 10.8. The van der Waals surface area contributed by atoms with Crippen LogP contribution in [0.5, 0.6) is 5.75 Å². The molecule has 2 aromatic carbocycles. The highest BCUT2D eigenvalue weighted by molar-refractivity contribution is 6.03. The average Bonchev–Trinajstić information content (AvgIpc) is 3.14. The van der Waals surface area contributed by atoms with E-state index in [2.05, 4.69) is 21.5 Å². The molecule has 0 unspecified atom stereocenters. The van der Waals surface area contributed by atoms with Gasteiger partial charge in [0.05, 0.1) is 12.3 Å². The van der Waals surface area contributed by atoms with Crippen LogP contribution in [0.1, 0.15) is 23.0 Å². The van der Waals surface area contributed by atoms with Gasteiger partial charge in [-0.3, -0.25) is 4.79 Å². The first-order chi connectivity index (χ1) is 13.6. The molecule has 28 heavy (non-hydrogen) atoms. The molecule has 1 amide bonds. The topological polar surface area (TPSA) is 68.5 Å². The number of anilines is 1. The fourth-order valence-electron chi connectivity index (χ4n) is 3.03. The van der Waals surface area contributed by atoms with Gasteiger partial charge in [0.25, 0.3) is 5.91 Å². The molecule has 4 rings (SSSR count). The first-order valence-corrected chi connectivity index (χ1v) is 9.10. The van der Waals surface area contributed by atoms with Gasteiger partial charge in [-0.2, -0.15) is 5.10 Å². The standard InChI is InChI=1S/C22H20N4O2/c1-3-28-18-9-7-17(8-10-18)24-22(27)19-14-21-23-12-11-20(26(21)25-19)16-6-4-5-15(2)13-16/h4-14H,3H2,1-2H3,(H,24,27). The number of aryl methyl sites for hydroxylation is 1. The Balaban J connectivity index is 1.62. The Morgan fingerprint density at radius 3 is 2.68 bits per heavy atom. The predicted octanol–water partition coefficient (Wildman–Crippen LogP) is 4.36. The number of aromatic nitrogens is 3. The molecule has 0 fully saturated rings. The zero-order valence-electron chi connectivity index (χ0n) is 15.7. The van der Waals surface area contributed by atoms with Gasteiger partial charge in [0.1, 0.15) is 5.75 Å². The summed E-state index contributed by atoms with van der Waals surface area (Å²) in [5.74, 6) is 0.477. The molecule has 0 saturated heterocycles. The van der Waals surface area contributed by atoms with Crippen molar-refractivity contribution in [1.82, 2.24) is 14.6 Å². The summed E-state index contributed by atoms with van der Waals surface area (Å²) in [7, 11) is 0. The minimum atomic E-state index is -0.287. The molecular weight excluding hydrogens is 352 g/mol. The fraction of sp³-hybridized carbons (Fsp3) is 0.136. The lowest BCUT2D eigenvalue weighted by atomic mass is 10.1. The summed E-state index contributed by atoms with van der Waals surface area (Å²) in [4.78, 5) is 17.0. The third-order valence-electron chi connectivity index (χ3n) is 4.33. The van der Waals surface area contributed by atoms with Gasteiger partial charge in [-0.1, -0.05) is 23.8 Å². The van der Waals surface area contributed by atoms with E-state index >= 15 is 0 Å². The van der Waals surface area contributed by atoms with Gasteiger partial charge in [0, 0.05) is 23.5 Å². The van der Waals surface area contributed by atoms with Gasteiger partial charge < -0.3 is 10.1 Å². The summed E-state index contributed by atoms with van der Waals surface area (Å²) in [5.41, 5.74) is 4.67. The van der Waals surface area contributed by atoms with E-state index in [1.54, 1.807) is 28.9 Å². The Bertz CT molecular complexity index is 1130. The zero-order valence-corrected chi connectivity index (χ0v) is 15.7. The van der Waals surface area contributed by atoms with E-state index in [9.17, 15) is 4.79 Å². The number of nitrogens with one attached hydrogen (secondary N) is 1. The van der Waals surface area contributed by atoms with Gasteiger partial charge in [0.15, 0.2) is 11.3 Å². The summed E-state index contributed by atoms with van der Waals surface area (Å²) < 4.78 is 7.11. The lowest BCUT2D eigenvalue weighted by molar-refractivity contribution is 0.102. The SMILES string of the molecule is CCOc1ccc(NC(=O)c2cc3nccc(-c4cccc(C)c4)n3n2)cc1. The van der Waals surface area contributed by atoms with Crippen molar-refractivity contribution in [3.05, 3.63) is 78.1 Å². The molecule has 0 saturated carbocycles. The second-order valence-corrected chi connectivity index (χ2v) is 6.41. The van der Waals surface area contributed by atoms with Crippen LogP contribution in [0.25, 0.3) is 16.9 Å². The number of carbonyl (C=O) groups excluding carboxylic acids is 1. The quantitative estimate of drug-likeness (QED) is 0.565. The van der Waals surface area contributed by atoms with Gasteiger partial charge in [-0.15, -0.1) is 0 Å². The van der Waals surface area contributed by atoms with Crippen LogP contribution in [0.4, 0.5) is 5.69 Å². The number of ether oxygens (including phenoxy) is 1. The molecule has 2 heterocycles. The van der Waals surface area contributed by atoms with Crippen molar-refractivity contribution in [3.63, 3.8) is 0 Å². The third kappa shape index (κ3) is 3.57. The van der Waals surface area contributed by atoms with Crippen molar-refractivity contribution < 1.29 is 9.53 Å². The predicted molar refractivity (Wildman–Crippen MR) is 109 cm³/mol. The molecule has 6 nitrogen and oxygen atoms in total. The van der Waals surface area contributed by atoms with Crippen molar-refractivity contribution in [2.45, 2.75) is 13.8 Å². The van der Waals surface area contributed by atoms with Crippen molar-refractivity contribution in [1.29, 1.82) is 0 Å². The van der Waals surface area contributed by atoms with Crippen LogP contribution in [0.15, 0.2) is 66.9 Å². The Kier molecular flexibility index (Phi) is 4.76. The number of amides is 1. The zero-order chi connectivity index (χ0) is 19.5. The highest BCUT2D eigenvalue weighted by atomic mass is 16.5. The van der Waals surface area contributed by atoms with Crippen LogP contribution < -0.4 is 10.1 Å². The maximum atomic E-state index is 12.7. The first-order valence-electron chi connectivity index (χ1n) is 9.10. The van der Waals surface area contributed by atoms with Crippen molar-refractivity contribution in [3.8, 4) is 17.0 Å². The number of rotatable bonds is 5. The molecule has 0 atom stereocenters. The van der Waals surface area contributed by atoms with E-state index in [-0.39, 0.29) is 5.91 Å². The molecule has 140 valence electrons. The Morgan fingerprint density at radius 1 is 1.11 bits per heavy atom. The minimum Gasteiger partial charge on any atom is -0.494 e. The summed E-state index contributed by atoms with van der Waals surface area (Å²) in [6, 6.07) is 19.0. The lowest BCUT2D eigenvalue weighted by Crippen LogP contribution is -2.12. The maximum Gasteiger partial charge on any atom is 0.276 e. The van der Waals surface area contributed by atoms with E-state index < -0.39 is 0 Å². The molecule has 1 N–H and O–H groups in total. The van der Waals surface area contributed by atoms with Gasteiger partial charge >= 0.3 is 0 Å². The van der Waals surface area contributed by atoms with Crippen LogP contribution in [0, 0.1) is 6.92 Å². The maximum absolute atomic E-state index is 12.7. The molecule has 0 spiro atoms. The molecule has 0 aliphatic carbocycles. The summed E-state index contributed by atoms with van der Waals surface area (Å²) in [6.45, 7) is 4.57. The second kappa shape index (κ2) is 7.52. The highest BCUT2D eigenvalue weighted by Crippen LogP contribution is 2.22. The third-order valence-corrected chi connectivity index (χ3v) is 4.33. The van der Waals surface area contributed by atoms with Gasteiger partial charge in [-0.25, -0.2) is 9.50 Å². The molecule has 6 heteroatoms. The number of nitrogens with zero attached hydrogens (tertiary/aromatic N) is 3. The number of fused-ring (bicyclic) bond motifs is 1. The number of hydrogen-bond acceptors (Lipinski definition) is 4. The second-order valence-electron chi connectivity index (χ2n) is 6.41. The minimum absolute atomic E-state index is 0.287. The van der Waals surface area contributed by atoms with Crippen LogP contribution >= 0.6 is 0 Å². The molecule has 0 radical (unpaired) electrons. The van der Waals surface area contributed by atoms with Crippen molar-refractivity contribution in [2.75, 3.05) is 11.9 Å². The van der Waals surface area contributed by atoms with Gasteiger partial charge in [-0.05, 0) is 50.2 Å². The summed E-state index contributed by atoms with van der Waals surface area (Å²) in [6.07, 6.45) is 1.73. The molecule has 4 aromatic rings. The van der Waals surface area contributed by atoms with E-state index in [1.807, 2.05) is 50.2 Å².